The lowest BCUT2D eigenvalue weighted by Gasteiger charge is -2.45. The van der Waals surface area contributed by atoms with Crippen LogP contribution in [-0.2, 0) is 23.8 Å². The van der Waals surface area contributed by atoms with Gasteiger partial charge < -0.3 is 14.2 Å². The van der Waals surface area contributed by atoms with Gasteiger partial charge in [0.25, 0.3) is 0 Å². The third-order valence-corrected chi connectivity index (χ3v) is 3.88. The van der Waals surface area contributed by atoms with Gasteiger partial charge in [0.05, 0.1) is 12.2 Å². The van der Waals surface area contributed by atoms with Crippen molar-refractivity contribution in [3.05, 3.63) is 0 Å². The molecule has 1 aliphatic rings. The summed E-state index contributed by atoms with van der Waals surface area (Å²) in [7, 11) is 0. The highest BCUT2D eigenvalue weighted by Gasteiger charge is 2.44. The predicted molar refractivity (Wildman–Crippen MR) is 74.0 cm³/mol. The van der Waals surface area contributed by atoms with E-state index in [9.17, 15) is 9.59 Å². The van der Waals surface area contributed by atoms with Crippen molar-refractivity contribution in [3.63, 3.8) is 0 Å². The first-order chi connectivity index (χ1) is 9.23. The van der Waals surface area contributed by atoms with Crippen LogP contribution in [0.1, 0.15) is 41.5 Å². The highest BCUT2D eigenvalue weighted by Crippen LogP contribution is 2.35. The van der Waals surface area contributed by atoms with Gasteiger partial charge in [0.1, 0.15) is 12.7 Å². The Morgan fingerprint density at radius 3 is 2.15 bits per heavy atom. The minimum atomic E-state index is -0.329. The van der Waals surface area contributed by atoms with Crippen molar-refractivity contribution >= 4 is 11.9 Å². The van der Waals surface area contributed by atoms with Crippen LogP contribution in [0.5, 0.6) is 0 Å². The van der Waals surface area contributed by atoms with E-state index < -0.39 is 0 Å². The lowest BCUT2D eigenvalue weighted by atomic mass is 9.79. The quantitative estimate of drug-likeness (QED) is 0.741. The summed E-state index contributed by atoms with van der Waals surface area (Å²) in [5.41, 5.74) is 0. The number of hydrogen-bond acceptors (Lipinski definition) is 5. The summed E-state index contributed by atoms with van der Waals surface area (Å²) < 4.78 is 16.6. The zero-order chi connectivity index (χ0) is 15.4. The Bertz CT molecular complexity index is 352. The number of carbonyl (C=O) groups is 2. The Morgan fingerprint density at radius 2 is 1.70 bits per heavy atom. The number of esters is 2. The third-order valence-electron chi connectivity index (χ3n) is 3.88. The van der Waals surface area contributed by atoms with Gasteiger partial charge in [0, 0.05) is 25.7 Å². The van der Waals surface area contributed by atoms with Gasteiger partial charge in [-0.05, 0) is 5.92 Å². The van der Waals surface area contributed by atoms with Crippen molar-refractivity contribution in [2.24, 2.45) is 17.8 Å². The molecule has 1 unspecified atom stereocenters. The van der Waals surface area contributed by atoms with Gasteiger partial charge in [-0.25, -0.2) is 0 Å². The Labute approximate surface area is 121 Å². The van der Waals surface area contributed by atoms with E-state index in [0.717, 1.165) is 0 Å². The summed E-state index contributed by atoms with van der Waals surface area (Å²) >= 11 is 0. The fourth-order valence-corrected chi connectivity index (χ4v) is 2.89. The summed E-state index contributed by atoms with van der Waals surface area (Å²) in [6.45, 7) is 11.1. The highest BCUT2D eigenvalue weighted by molar-refractivity contribution is 5.66. The summed E-state index contributed by atoms with van der Waals surface area (Å²) in [5.74, 6) is -0.213. The topological polar surface area (TPSA) is 61.8 Å². The second-order valence-electron chi connectivity index (χ2n) is 5.98. The highest BCUT2D eigenvalue weighted by atomic mass is 16.6. The van der Waals surface area contributed by atoms with Crippen LogP contribution in [0.15, 0.2) is 0 Å². The second kappa shape index (κ2) is 7.07. The van der Waals surface area contributed by atoms with E-state index in [2.05, 4.69) is 13.8 Å². The fraction of sp³-hybridized carbons (Fsp3) is 0.867. The maximum atomic E-state index is 11.3. The molecule has 1 saturated heterocycles. The Balaban J connectivity index is 2.85. The smallest absolute Gasteiger partial charge is 0.302 e. The molecule has 0 aromatic rings. The van der Waals surface area contributed by atoms with Crippen LogP contribution in [0.3, 0.4) is 0 Å². The number of hydrogen-bond donors (Lipinski definition) is 0. The van der Waals surface area contributed by atoms with Crippen LogP contribution in [0.2, 0.25) is 0 Å². The lowest BCUT2D eigenvalue weighted by Crippen LogP contribution is -2.53. The summed E-state index contributed by atoms with van der Waals surface area (Å²) in [6.07, 6.45) is -0.475. The average Bonchev–Trinajstić information content (AvgIpc) is 2.32. The third kappa shape index (κ3) is 4.20. The Hall–Kier alpha value is -1.10. The molecule has 1 heterocycles. The molecular weight excluding hydrogens is 260 g/mol. The number of ether oxygens (including phenoxy) is 3. The van der Waals surface area contributed by atoms with Crippen molar-refractivity contribution < 1.29 is 23.8 Å². The molecule has 0 saturated carbocycles. The van der Waals surface area contributed by atoms with Gasteiger partial charge in [0.2, 0.25) is 0 Å². The molecule has 0 aliphatic carbocycles. The van der Waals surface area contributed by atoms with Gasteiger partial charge in [-0.2, -0.15) is 0 Å². The van der Waals surface area contributed by atoms with Gasteiger partial charge in [-0.3, -0.25) is 9.59 Å². The van der Waals surface area contributed by atoms with Gasteiger partial charge in [0.15, 0.2) is 0 Å². The van der Waals surface area contributed by atoms with Crippen molar-refractivity contribution in [2.75, 3.05) is 6.61 Å². The average molecular weight is 286 g/mol. The van der Waals surface area contributed by atoms with Gasteiger partial charge in [-0.15, -0.1) is 0 Å². The zero-order valence-electron chi connectivity index (χ0n) is 13.2. The van der Waals surface area contributed by atoms with E-state index in [1.807, 2.05) is 13.8 Å². The van der Waals surface area contributed by atoms with Crippen LogP contribution >= 0.6 is 0 Å². The van der Waals surface area contributed by atoms with Crippen molar-refractivity contribution in [2.45, 2.75) is 59.9 Å². The monoisotopic (exact) mass is 286 g/mol. The molecule has 1 aliphatic heterocycles. The van der Waals surface area contributed by atoms with Crippen molar-refractivity contribution in [3.8, 4) is 0 Å². The molecule has 0 spiro atoms. The van der Waals surface area contributed by atoms with E-state index in [4.69, 9.17) is 14.2 Å². The van der Waals surface area contributed by atoms with E-state index in [0.29, 0.717) is 5.92 Å². The summed E-state index contributed by atoms with van der Waals surface area (Å²) in [6, 6.07) is 0. The van der Waals surface area contributed by atoms with E-state index in [1.54, 1.807) is 0 Å². The Morgan fingerprint density at radius 1 is 1.10 bits per heavy atom. The molecule has 1 fully saturated rings. The van der Waals surface area contributed by atoms with Crippen LogP contribution in [0, 0.1) is 17.8 Å². The molecular formula is C15H26O5. The first-order valence-electron chi connectivity index (χ1n) is 7.20. The normalized spacial score (nSPS) is 33.9. The standard InChI is InChI=1S/C15H26O5/c1-8(2)14-10(4)15(19-12(6)17)9(3)13(20-14)7-18-11(5)16/h8-10,13-15H,7H2,1-6H3/t9-,10-,13+,14?,15-/m1/s1. The number of carbonyl (C=O) groups excluding carboxylic acids is 2. The molecule has 20 heavy (non-hydrogen) atoms. The summed E-state index contributed by atoms with van der Waals surface area (Å²) in [5, 5.41) is 0. The van der Waals surface area contributed by atoms with Crippen molar-refractivity contribution in [1.82, 2.24) is 0 Å². The predicted octanol–water partition coefficient (Wildman–Crippen LogP) is 2.18. The van der Waals surface area contributed by atoms with E-state index >= 15 is 0 Å². The van der Waals surface area contributed by atoms with E-state index in [-0.39, 0.29) is 48.7 Å². The number of rotatable bonds is 4. The molecule has 0 amide bonds. The first kappa shape index (κ1) is 17.0. The van der Waals surface area contributed by atoms with E-state index in [1.165, 1.54) is 13.8 Å². The van der Waals surface area contributed by atoms with Crippen LogP contribution < -0.4 is 0 Å². The van der Waals surface area contributed by atoms with Crippen LogP contribution in [0.25, 0.3) is 0 Å². The largest absolute Gasteiger partial charge is 0.463 e. The molecule has 5 nitrogen and oxygen atoms in total. The SMILES string of the molecule is CC(=O)OC[C@@H]1OC(C(C)C)[C@@H](C)[C@H](OC(C)=O)[C@@H]1C. The molecule has 5 atom stereocenters. The molecule has 0 bridgehead atoms. The van der Waals surface area contributed by atoms with Gasteiger partial charge in [-0.1, -0.05) is 27.7 Å². The van der Waals surface area contributed by atoms with Crippen LogP contribution in [0.4, 0.5) is 0 Å². The fourth-order valence-electron chi connectivity index (χ4n) is 2.89. The maximum Gasteiger partial charge on any atom is 0.302 e. The first-order valence-corrected chi connectivity index (χ1v) is 7.20. The lowest BCUT2D eigenvalue weighted by molar-refractivity contribution is -0.207. The minimum Gasteiger partial charge on any atom is -0.463 e. The molecule has 0 aromatic heterocycles. The maximum absolute atomic E-state index is 11.3. The molecule has 0 aromatic carbocycles. The molecule has 116 valence electrons. The second-order valence-corrected chi connectivity index (χ2v) is 5.98. The molecule has 1 rings (SSSR count). The molecule has 5 heteroatoms. The van der Waals surface area contributed by atoms with Crippen molar-refractivity contribution in [1.29, 1.82) is 0 Å². The summed E-state index contributed by atoms with van der Waals surface area (Å²) in [4.78, 5) is 22.3. The van der Waals surface area contributed by atoms with Crippen LogP contribution in [-0.4, -0.2) is 36.9 Å². The minimum absolute atomic E-state index is 0.0109. The Kier molecular flexibility index (Phi) is 5.99. The van der Waals surface area contributed by atoms with Gasteiger partial charge >= 0.3 is 11.9 Å². The molecule has 0 radical (unpaired) electrons. The molecule has 0 N–H and O–H groups in total. The zero-order valence-corrected chi connectivity index (χ0v) is 13.2.